The lowest BCUT2D eigenvalue weighted by atomic mass is 10.3. The van der Waals surface area contributed by atoms with E-state index in [2.05, 4.69) is 31.9 Å². The van der Waals surface area contributed by atoms with E-state index in [1.807, 2.05) is 0 Å². The second kappa shape index (κ2) is 4.18. The average Bonchev–Trinajstić information content (AvgIpc) is 2.08. The average molecular weight is 335 g/mol. The fourth-order valence-electron chi connectivity index (χ4n) is 0.700. The van der Waals surface area contributed by atoms with Crippen molar-refractivity contribution in [3.8, 4) is 5.75 Å². The zero-order valence-electron chi connectivity index (χ0n) is 6.00. The van der Waals surface area contributed by atoms with Gasteiger partial charge in [-0.3, -0.25) is 0 Å². The van der Waals surface area contributed by atoms with Crippen LogP contribution in [0, 0.1) is 0 Å². The molecule has 0 N–H and O–H groups in total. The van der Waals surface area contributed by atoms with Crippen LogP contribution in [0.2, 0.25) is 10.0 Å². The molecule has 1 aromatic carbocycles. The molecule has 66 valence electrons. The fraction of sp³-hybridized carbons (Fsp3) is 0.143. The third-order valence-electron chi connectivity index (χ3n) is 1.29. The van der Waals surface area contributed by atoms with Crippen LogP contribution >= 0.6 is 55.1 Å². The van der Waals surface area contributed by atoms with Crippen LogP contribution in [-0.2, 0) is 0 Å². The number of rotatable bonds is 1. The number of halogens is 4. The van der Waals surface area contributed by atoms with Gasteiger partial charge in [0.25, 0.3) is 0 Å². The smallest absolute Gasteiger partial charge is 0.135 e. The molecule has 0 atom stereocenters. The maximum Gasteiger partial charge on any atom is 0.135 e. The van der Waals surface area contributed by atoms with Gasteiger partial charge in [0.2, 0.25) is 0 Å². The number of methoxy groups -OCH3 is 1. The summed E-state index contributed by atoms with van der Waals surface area (Å²) in [6, 6.07) is 1.65. The van der Waals surface area contributed by atoms with Gasteiger partial charge >= 0.3 is 0 Å². The van der Waals surface area contributed by atoms with Gasteiger partial charge in [-0.15, -0.1) is 0 Å². The summed E-state index contributed by atoms with van der Waals surface area (Å²) in [6.07, 6.45) is 0. The molecule has 0 amide bonds. The molecule has 0 heterocycles. The molecule has 0 saturated heterocycles. The molecular formula is C7H4Br2Cl2O. The second-order valence-corrected chi connectivity index (χ2v) is 4.37. The first-order valence-electron chi connectivity index (χ1n) is 2.95. The van der Waals surface area contributed by atoms with Crippen LogP contribution in [0.4, 0.5) is 0 Å². The lowest BCUT2D eigenvalue weighted by Gasteiger charge is -2.07. The number of ether oxygens (including phenoxy) is 1. The van der Waals surface area contributed by atoms with Crippen molar-refractivity contribution in [3.05, 3.63) is 25.1 Å². The van der Waals surface area contributed by atoms with E-state index in [1.54, 1.807) is 13.2 Å². The Kier molecular flexibility index (Phi) is 3.71. The minimum atomic E-state index is 0.462. The first-order chi connectivity index (χ1) is 5.57. The second-order valence-electron chi connectivity index (χ2n) is 2.00. The molecule has 0 saturated carbocycles. The zero-order valence-corrected chi connectivity index (χ0v) is 10.7. The van der Waals surface area contributed by atoms with Crippen molar-refractivity contribution in [1.82, 2.24) is 0 Å². The molecule has 0 aromatic heterocycles. The van der Waals surface area contributed by atoms with E-state index in [0.29, 0.717) is 20.3 Å². The highest BCUT2D eigenvalue weighted by Crippen LogP contribution is 2.41. The van der Waals surface area contributed by atoms with Crippen molar-refractivity contribution in [2.24, 2.45) is 0 Å². The van der Waals surface area contributed by atoms with Gasteiger partial charge < -0.3 is 4.74 Å². The van der Waals surface area contributed by atoms with Crippen molar-refractivity contribution in [1.29, 1.82) is 0 Å². The van der Waals surface area contributed by atoms with Crippen molar-refractivity contribution in [2.45, 2.75) is 0 Å². The highest BCUT2D eigenvalue weighted by molar-refractivity contribution is 9.13. The molecule has 0 unspecified atom stereocenters. The van der Waals surface area contributed by atoms with E-state index in [1.165, 1.54) is 0 Å². The molecule has 0 aliphatic heterocycles. The lowest BCUT2D eigenvalue weighted by Crippen LogP contribution is -1.86. The van der Waals surface area contributed by atoms with Crippen LogP contribution < -0.4 is 4.74 Å². The molecule has 12 heavy (non-hydrogen) atoms. The maximum absolute atomic E-state index is 5.85. The Balaban J connectivity index is 3.39. The molecule has 1 nitrogen and oxygen atoms in total. The predicted octanol–water partition coefficient (Wildman–Crippen LogP) is 4.53. The molecule has 0 radical (unpaired) electrons. The van der Waals surface area contributed by atoms with Crippen LogP contribution in [0.15, 0.2) is 15.0 Å². The Morgan fingerprint density at radius 1 is 1.25 bits per heavy atom. The summed E-state index contributed by atoms with van der Waals surface area (Å²) in [5.74, 6) is 0.649. The van der Waals surface area contributed by atoms with Gasteiger partial charge in [0, 0.05) is 6.07 Å². The van der Waals surface area contributed by atoms with Gasteiger partial charge in [-0.05, 0) is 31.9 Å². The third-order valence-corrected chi connectivity index (χ3v) is 4.42. The molecule has 5 heteroatoms. The first-order valence-corrected chi connectivity index (χ1v) is 5.29. The molecule has 0 aliphatic rings. The molecule has 0 spiro atoms. The zero-order chi connectivity index (χ0) is 9.30. The Morgan fingerprint density at radius 3 is 2.33 bits per heavy atom. The topological polar surface area (TPSA) is 9.23 Å². The van der Waals surface area contributed by atoms with E-state index in [4.69, 9.17) is 27.9 Å². The largest absolute Gasteiger partial charge is 0.495 e. The van der Waals surface area contributed by atoms with E-state index in [0.717, 1.165) is 4.47 Å². The summed E-state index contributed by atoms with van der Waals surface area (Å²) >= 11 is 18.2. The van der Waals surface area contributed by atoms with Crippen molar-refractivity contribution < 1.29 is 4.74 Å². The first kappa shape index (κ1) is 10.6. The van der Waals surface area contributed by atoms with Gasteiger partial charge in [0.15, 0.2) is 0 Å². The summed E-state index contributed by atoms with van der Waals surface area (Å²) in [6.45, 7) is 0. The summed E-state index contributed by atoms with van der Waals surface area (Å²) in [5.41, 5.74) is 0. The van der Waals surface area contributed by atoms with Gasteiger partial charge in [-0.1, -0.05) is 23.2 Å². The van der Waals surface area contributed by atoms with Crippen LogP contribution in [0.3, 0.4) is 0 Å². The van der Waals surface area contributed by atoms with E-state index in [9.17, 15) is 0 Å². The minimum Gasteiger partial charge on any atom is -0.495 e. The van der Waals surface area contributed by atoms with E-state index >= 15 is 0 Å². The van der Waals surface area contributed by atoms with Crippen LogP contribution in [-0.4, -0.2) is 7.11 Å². The standard InChI is InChI=1S/C7H4Br2Cl2O/c1-12-4-2-3(10)7(11)6(9)5(4)8/h2H,1H3. The Hall–Kier alpha value is 0.560. The molecule has 0 aliphatic carbocycles. The van der Waals surface area contributed by atoms with Crippen molar-refractivity contribution in [2.75, 3.05) is 7.11 Å². The lowest BCUT2D eigenvalue weighted by molar-refractivity contribution is 0.412. The molecule has 0 fully saturated rings. The fourth-order valence-corrected chi connectivity index (χ4v) is 2.15. The molecule has 1 rings (SSSR count). The summed E-state index contributed by atoms with van der Waals surface area (Å²) in [5, 5.41) is 0.938. The van der Waals surface area contributed by atoms with Gasteiger partial charge in [-0.25, -0.2) is 0 Å². The maximum atomic E-state index is 5.85. The summed E-state index contributed by atoms with van der Waals surface area (Å²) in [7, 11) is 1.57. The van der Waals surface area contributed by atoms with Gasteiger partial charge in [-0.2, -0.15) is 0 Å². The van der Waals surface area contributed by atoms with Crippen LogP contribution in [0.1, 0.15) is 0 Å². The predicted molar refractivity (Wildman–Crippen MR) is 58.4 cm³/mol. The van der Waals surface area contributed by atoms with Crippen molar-refractivity contribution >= 4 is 55.1 Å². The van der Waals surface area contributed by atoms with Crippen LogP contribution in [0.5, 0.6) is 5.75 Å². The number of hydrogen-bond donors (Lipinski definition) is 0. The highest BCUT2D eigenvalue weighted by Gasteiger charge is 2.12. The SMILES string of the molecule is COc1cc(Cl)c(Cl)c(Br)c1Br. The third kappa shape index (κ3) is 1.90. The molecular weight excluding hydrogens is 331 g/mol. The van der Waals surface area contributed by atoms with E-state index < -0.39 is 0 Å². The monoisotopic (exact) mass is 332 g/mol. The van der Waals surface area contributed by atoms with Gasteiger partial charge in [0.05, 0.1) is 26.1 Å². The van der Waals surface area contributed by atoms with Crippen LogP contribution in [0.25, 0.3) is 0 Å². The molecule has 1 aromatic rings. The molecule has 0 bridgehead atoms. The van der Waals surface area contributed by atoms with E-state index in [-0.39, 0.29) is 0 Å². The Bertz CT molecular complexity index is 315. The summed E-state index contributed by atoms with van der Waals surface area (Å²) in [4.78, 5) is 0. The normalized spacial score (nSPS) is 10.1. The number of benzene rings is 1. The quantitative estimate of drug-likeness (QED) is 0.541. The summed E-state index contributed by atoms with van der Waals surface area (Å²) < 4.78 is 6.51. The number of hydrogen-bond acceptors (Lipinski definition) is 1. The Labute approximate surface area is 97.3 Å². The van der Waals surface area contributed by atoms with Gasteiger partial charge in [0.1, 0.15) is 5.75 Å². The Morgan fingerprint density at radius 2 is 1.83 bits per heavy atom. The van der Waals surface area contributed by atoms with Crippen molar-refractivity contribution in [3.63, 3.8) is 0 Å². The highest BCUT2D eigenvalue weighted by atomic mass is 79.9. The minimum absolute atomic E-state index is 0.462.